The van der Waals surface area contributed by atoms with E-state index in [1.807, 2.05) is 24.4 Å². The molecule has 1 saturated heterocycles. The quantitative estimate of drug-likeness (QED) is 0.479. The number of hydrogen-bond donors (Lipinski definition) is 1. The minimum absolute atomic E-state index is 0.247. The van der Waals surface area contributed by atoms with Gasteiger partial charge in [-0.3, -0.25) is 4.79 Å². The molecule has 142 valence electrons. The third-order valence-electron chi connectivity index (χ3n) is 5.08. The molecule has 3 amide bonds. The lowest BCUT2D eigenvalue weighted by Crippen LogP contribution is -2.30. The first-order chi connectivity index (χ1) is 13.5. The van der Waals surface area contributed by atoms with Gasteiger partial charge >= 0.3 is 6.03 Å². The summed E-state index contributed by atoms with van der Waals surface area (Å²) in [5.41, 5.74) is 2.69. The van der Waals surface area contributed by atoms with Crippen LogP contribution in [0.25, 0.3) is 17.0 Å². The van der Waals surface area contributed by atoms with Crippen molar-refractivity contribution in [3.8, 4) is 0 Å². The number of anilines is 1. The van der Waals surface area contributed by atoms with Crippen LogP contribution < -0.4 is 10.2 Å². The van der Waals surface area contributed by atoms with Crippen LogP contribution >= 0.6 is 11.6 Å². The summed E-state index contributed by atoms with van der Waals surface area (Å²) in [6.45, 7) is 4.30. The van der Waals surface area contributed by atoms with Crippen molar-refractivity contribution >= 4 is 46.2 Å². The van der Waals surface area contributed by atoms with Gasteiger partial charge in [0, 0.05) is 33.7 Å². The van der Waals surface area contributed by atoms with Crippen LogP contribution in [0.4, 0.5) is 10.5 Å². The summed E-state index contributed by atoms with van der Waals surface area (Å²) >= 11 is 6.01. The Morgan fingerprint density at radius 2 is 1.93 bits per heavy atom. The van der Waals surface area contributed by atoms with Gasteiger partial charge in [0.15, 0.2) is 0 Å². The Hall–Kier alpha value is -3.05. The van der Waals surface area contributed by atoms with Crippen molar-refractivity contribution in [2.45, 2.75) is 26.3 Å². The summed E-state index contributed by atoms with van der Waals surface area (Å²) in [6, 6.07) is 14.6. The number of imide groups is 1. The van der Waals surface area contributed by atoms with E-state index in [0.29, 0.717) is 16.8 Å². The second kappa shape index (κ2) is 7.17. The van der Waals surface area contributed by atoms with Crippen molar-refractivity contribution < 1.29 is 9.59 Å². The highest BCUT2D eigenvalue weighted by atomic mass is 35.5. The van der Waals surface area contributed by atoms with E-state index in [1.54, 1.807) is 30.3 Å². The van der Waals surface area contributed by atoms with E-state index >= 15 is 0 Å². The topological polar surface area (TPSA) is 54.3 Å². The predicted octanol–water partition coefficient (Wildman–Crippen LogP) is 5.36. The summed E-state index contributed by atoms with van der Waals surface area (Å²) in [5.74, 6) is -0.396. The lowest BCUT2D eigenvalue weighted by Gasteiger charge is -2.12. The van der Waals surface area contributed by atoms with Crippen LogP contribution in [0.5, 0.6) is 0 Å². The van der Waals surface area contributed by atoms with Gasteiger partial charge in [-0.15, -0.1) is 0 Å². The molecule has 0 unspecified atom stereocenters. The van der Waals surface area contributed by atoms with E-state index < -0.39 is 11.9 Å². The monoisotopic (exact) mass is 393 g/mol. The van der Waals surface area contributed by atoms with Crippen molar-refractivity contribution in [3.63, 3.8) is 0 Å². The van der Waals surface area contributed by atoms with E-state index in [2.05, 4.69) is 29.8 Å². The number of fused-ring (bicyclic) bond motifs is 1. The molecule has 0 aliphatic carbocycles. The van der Waals surface area contributed by atoms with Gasteiger partial charge in [-0.1, -0.05) is 42.8 Å². The van der Waals surface area contributed by atoms with E-state index in [-0.39, 0.29) is 5.70 Å². The van der Waals surface area contributed by atoms with Crippen molar-refractivity contribution in [2.24, 2.45) is 0 Å². The van der Waals surface area contributed by atoms with E-state index in [0.717, 1.165) is 27.8 Å². The summed E-state index contributed by atoms with van der Waals surface area (Å²) in [5, 5.41) is 4.19. The minimum atomic E-state index is -0.482. The Labute approximate surface area is 168 Å². The number of aromatic nitrogens is 1. The number of carbonyl (C=O) groups is 2. The molecule has 28 heavy (non-hydrogen) atoms. The van der Waals surface area contributed by atoms with Crippen LogP contribution in [0.15, 0.2) is 60.4 Å². The summed E-state index contributed by atoms with van der Waals surface area (Å²) in [7, 11) is 0. The van der Waals surface area contributed by atoms with E-state index in [1.165, 1.54) is 0 Å². The second-order valence-corrected chi connectivity index (χ2v) is 7.31. The molecule has 3 aromatic rings. The average molecular weight is 394 g/mol. The zero-order valence-electron chi connectivity index (χ0n) is 15.6. The normalized spacial score (nSPS) is 16.8. The van der Waals surface area contributed by atoms with Gasteiger partial charge in [0.1, 0.15) is 5.70 Å². The number of urea groups is 1. The predicted molar refractivity (Wildman–Crippen MR) is 112 cm³/mol. The van der Waals surface area contributed by atoms with Gasteiger partial charge in [-0.25, -0.2) is 9.69 Å². The Morgan fingerprint density at radius 1 is 1.14 bits per heavy atom. The summed E-state index contributed by atoms with van der Waals surface area (Å²) < 4.78 is 2.21. The van der Waals surface area contributed by atoms with Crippen molar-refractivity contribution in [2.75, 3.05) is 4.90 Å². The molecule has 6 heteroatoms. The molecule has 0 radical (unpaired) electrons. The molecule has 1 N–H and O–H groups in total. The molecule has 0 spiro atoms. The molecule has 1 aliphatic rings. The molecule has 1 aliphatic heterocycles. The number of amides is 3. The van der Waals surface area contributed by atoms with Crippen LogP contribution in [0.2, 0.25) is 5.02 Å². The Bertz CT molecular complexity index is 1120. The molecule has 4 rings (SSSR count). The zero-order chi connectivity index (χ0) is 19.8. The maximum absolute atomic E-state index is 12.9. The largest absolute Gasteiger partial charge is 0.344 e. The number of rotatable bonds is 4. The molecule has 1 fully saturated rings. The fourth-order valence-electron chi connectivity index (χ4n) is 3.45. The number of para-hydroxylation sites is 1. The average Bonchev–Trinajstić information content (AvgIpc) is 3.19. The highest BCUT2D eigenvalue weighted by molar-refractivity contribution is 6.32. The minimum Gasteiger partial charge on any atom is -0.344 e. The molecular weight excluding hydrogens is 374 g/mol. The Balaban J connectivity index is 1.76. The van der Waals surface area contributed by atoms with E-state index in [4.69, 9.17) is 11.6 Å². The maximum atomic E-state index is 12.9. The van der Waals surface area contributed by atoms with Crippen LogP contribution in [0, 0.1) is 0 Å². The molecule has 2 heterocycles. The lowest BCUT2D eigenvalue weighted by molar-refractivity contribution is -0.113. The van der Waals surface area contributed by atoms with Gasteiger partial charge in [0.05, 0.1) is 5.69 Å². The highest BCUT2D eigenvalue weighted by Crippen LogP contribution is 2.29. The zero-order valence-corrected chi connectivity index (χ0v) is 16.4. The molecule has 1 atom stereocenters. The summed E-state index contributed by atoms with van der Waals surface area (Å²) in [6.07, 6.45) is 4.77. The second-order valence-electron chi connectivity index (χ2n) is 6.87. The van der Waals surface area contributed by atoms with E-state index in [9.17, 15) is 9.59 Å². The highest BCUT2D eigenvalue weighted by Gasteiger charge is 2.35. The molecular formula is C22H20ClN3O2. The fourth-order valence-corrected chi connectivity index (χ4v) is 3.63. The van der Waals surface area contributed by atoms with Crippen molar-refractivity contribution in [3.05, 3.63) is 71.0 Å². The SMILES string of the molecule is CC[C@H](C)n1cc(/C=C2\NC(=O)N(c3cccc(Cl)c3)C2=O)c2ccccc21. The maximum Gasteiger partial charge on any atom is 0.333 e. The Kier molecular flexibility index (Phi) is 4.69. The molecule has 5 nitrogen and oxygen atoms in total. The standard InChI is InChI=1S/C22H20ClN3O2/c1-3-14(2)25-13-15(18-9-4-5-10-20(18)25)11-19-21(27)26(22(28)24-19)17-8-6-7-16(23)12-17/h4-14H,3H2,1-2H3,(H,24,28)/b19-11-/t14-/m0/s1. The van der Waals surface area contributed by atoms with Crippen LogP contribution in [-0.4, -0.2) is 16.5 Å². The van der Waals surface area contributed by atoms with Gasteiger partial charge in [-0.2, -0.15) is 0 Å². The van der Waals surface area contributed by atoms with Gasteiger partial charge in [0.2, 0.25) is 0 Å². The third kappa shape index (κ3) is 3.08. The number of halogens is 1. The molecule has 1 aromatic heterocycles. The lowest BCUT2D eigenvalue weighted by atomic mass is 10.1. The summed E-state index contributed by atoms with van der Waals surface area (Å²) in [4.78, 5) is 26.4. The fraction of sp³-hybridized carbons (Fsp3) is 0.182. The first-order valence-corrected chi connectivity index (χ1v) is 9.59. The number of hydrogen-bond acceptors (Lipinski definition) is 2. The van der Waals surface area contributed by atoms with Crippen LogP contribution in [0.3, 0.4) is 0 Å². The molecule has 2 aromatic carbocycles. The van der Waals surface area contributed by atoms with Gasteiger partial charge < -0.3 is 9.88 Å². The van der Waals surface area contributed by atoms with Crippen molar-refractivity contribution in [1.82, 2.24) is 9.88 Å². The number of nitrogens with zero attached hydrogens (tertiary/aromatic N) is 2. The number of carbonyl (C=O) groups excluding carboxylic acids is 2. The first kappa shape index (κ1) is 18.3. The van der Waals surface area contributed by atoms with Crippen LogP contribution in [-0.2, 0) is 4.79 Å². The third-order valence-corrected chi connectivity index (χ3v) is 5.32. The van der Waals surface area contributed by atoms with Crippen molar-refractivity contribution in [1.29, 1.82) is 0 Å². The number of nitrogens with one attached hydrogen (secondary N) is 1. The number of benzene rings is 2. The van der Waals surface area contributed by atoms with Gasteiger partial charge in [-0.05, 0) is 43.7 Å². The Morgan fingerprint density at radius 3 is 2.68 bits per heavy atom. The smallest absolute Gasteiger partial charge is 0.333 e. The van der Waals surface area contributed by atoms with Crippen LogP contribution in [0.1, 0.15) is 31.9 Å². The molecule has 0 saturated carbocycles. The van der Waals surface area contributed by atoms with Gasteiger partial charge in [0.25, 0.3) is 5.91 Å². The first-order valence-electron chi connectivity index (χ1n) is 9.22. The molecule has 0 bridgehead atoms.